The highest BCUT2D eigenvalue weighted by molar-refractivity contribution is 7.14. The molecular formula is C13H20N2O2S. The van der Waals surface area contributed by atoms with Crippen LogP contribution in [0.5, 0.6) is 0 Å². The number of carbonyl (C=O) groups is 1. The number of hydrogen-bond acceptors (Lipinski definition) is 4. The Bertz CT molecular complexity index is 417. The van der Waals surface area contributed by atoms with Crippen LogP contribution in [0.25, 0.3) is 0 Å². The maximum absolute atomic E-state index is 12.0. The zero-order valence-electron chi connectivity index (χ0n) is 10.9. The van der Waals surface area contributed by atoms with E-state index in [0.717, 1.165) is 30.9 Å². The van der Waals surface area contributed by atoms with E-state index in [1.807, 2.05) is 6.92 Å². The van der Waals surface area contributed by atoms with Gasteiger partial charge in [0.05, 0.1) is 4.88 Å². The zero-order chi connectivity index (χ0) is 13.2. The Morgan fingerprint density at radius 1 is 1.56 bits per heavy atom. The van der Waals surface area contributed by atoms with Crippen molar-refractivity contribution in [1.29, 1.82) is 0 Å². The van der Waals surface area contributed by atoms with E-state index in [9.17, 15) is 4.79 Å². The monoisotopic (exact) mass is 268 g/mol. The highest BCUT2D eigenvalue weighted by atomic mass is 32.1. The molecule has 18 heavy (non-hydrogen) atoms. The quantitative estimate of drug-likeness (QED) is 0.883. The summed E-state index contributed by atoms with van der Waals surface area (Å²) in [5.41, 5.74) is 6.61. The zero-order valence-corrected chi connectivity index (χ0v) is 11.7. The van der Waals surface area contributed by atoms with Gasteiger partial charge in [-0.05, 0) is 31.2 Å². The molecule has 0 unspecified atom stereocenters. The molecule has 0 aliphatic carbocycles. The summed E-state index contributed by atoms with van der Waals surface area (Å²) in [6, 6.07) is 1.75. The Morgan fingerprint density at radius 3 is 2.78 bits per heavy atom. The third kappa shape index (κ3) is 3.03. The van der Waals surface area contributed by atoms with Gasteiger partial charge in [-0.2, -0.15) is 0 Å². The summed E-state index contributed by atoms with van der Waals surface area (Å²) in [6.07, 6.45) is 2.00. The second-order valence-corrected chi connectivity index (χ2v) is 6.48. The van der Waals surface area contributed by atoms with Crippen LogP contribution in [0.2, 0.25) is 0 Å². The second-order valence-electron chi connectivity index (χ2n) is 5.23. The Hall–Kier alpha value is -1.07. The van der Waals surface area contributed by atoms with Gasteiger partial charge < -0.3 is 15.8 Å². The van der Waals surface area contributed by atoms with Crippen LogP contribution in [-0.2, 0) is 4.74 Å². The molecule has 1 amide bonds. The summed E-state index contributed by atoms with van der Waals surface area (Å²) in [6.45, 7) is 6.40. The predicted octanol–water partition coefficient (Wildman–Crippen LogP) is 2.19. The highest BCUT2D eigenvalue weighted by Crippen LogP contribution is 2.29. The average molecular weight is 268 g/mol. The van der Waals surface area contributed by atoms with E-state index in [-0.39, 0.29) is 11.3 Å². The van der Waals surface area contributed by atoms with Gasteiger partial charge in [0.15, 0.2) is 0 Å². The molecule has 2 heterocycles. The molecule has 1 aliphatic rings. The molecule has 5 heteroatoms. The van der Waals surface area contributed by atoms with Crippen molar-refractivity contribution in [1.82, 2.24) is 5.32 Å². The number of ether oxygens (including phenoxy) is 1. The number of nitrogen functional groups attached to an aromatic ring is 1. The number of aryl methyl sites for hydroxylation is 1. The van der Waals surface area contributed by atoms with E-state index in [1.165, 1.54) is 11.3 Å². The Kier molecular flexibility index (Phi) is 3.92. The lowest BCUT2D eigenvalue weighted by molar-refractivity contribution is 0.0239. The summed E-state index contributed by atoms with van der Waals surface area (Å²) >= 11 is 1.45. The number of carbonyl (C=O) groups excluding carboxylic acids is 1. The second kappa shape index (κ2) is 5.28. The maximum atomic E-state index is 12.0. The first-order valence-electron chi connectivity index (χ1n) is 6.22. The molecule has 100 valence electrons. The third-order valence-corrected chi connectivity index (χ3v) is 4.62. The Balaban J connectivity index is 1.91. The van der Waals surface area contributed by atoms with E-state index in [2.05, 4.69) is 12.2 Å². The van der Waals surface area contributed by atoms with Gasteiger partial charge in [0.2, 0.25) is 0 Å². The highest BCUT2D eigenvalue weighted by Gasteiger charge is 2.28. The molecule has 0 bridgehead atoms. The van der Waals surface area contributed by atoms with Crippen molar-refractivity contribution in [2.24, 2.45) is 5.41 Å². The standard InChI is InChI=1S/C13H20N2O2S/c1-9-10(14)7-11(18-9)12(16)15-8-13(2)3-5-17-6-4-13/h7H,3-6,8,14H2,1-2H3,(H,15,16). The lowest BCUT2D eigenvalue weighted by atomic mass is 9.82. The van der Waals surface area contributed by atoms with Gasteiger partial charge in [0.25, 0.3) is 5.91 Å². The van der Waals surface area contributed by atoms with Crippen LogP contribution in [0.1, 0.15) is 34.3 Å². The molecule has 0 saturated carbocycles. The fraction of sp³-hybridized carbons (Fsp3) is 0.615. The van der Waals surface area contributed by atoms with E-state index in [0.29, 0.717) is 17.1 Å². The lowest BCUT2D eigenvalue weighted by Gasteiger charge is -2.33. The molecule has 2 rings (SSSR count). The molecule has 4 nitrogen and oxygen atoms in total. The van der Waals surface area contributed by atoms with Crippen LogP contribution in [0, 0.1) is 12.3 Å². The van der Waals surface area contributed by atoms with Crippen LogP contribution in [0.15, 0.2) is 6.07 Å². The van der Waals surface area contributed by atoms with Crippen molar-refractivity contribution in [3.8, 4) is 0 Å². The molecule has 1 aliphatic heterocycles. The molecular weight excluding hydrogens is 248 g/mol. The van der Waals surface area contributed by atoms with Gasteiger partial charge in [-0.25, -0.2) is 0 Å². The van der Waals surface area contributed by atoms with Crippen molar-refractivity contribution < 1.29 is 9.53 Å². The van der Waals surface area contributed by atoms with Gasteiger partial charge >= 0.3 is 0 Å². The summed E-state index contributed by atoms with van der Waals surface area (Å²) in [5.74, 6) is -0.0208. The first kappa shape index (κ1) is 13.4. The summed E-state index contributed by atoms with van der Waals surface area (Å²) in [4.78, 5) is 13.7. The minimum Gasteiger partial charge on any atom is -0.398 e. The number of hydrogen-bond donors (Lipinski definition) is 2. The summed E-state index contributed by atoms with van der Waals surface area (Å²) in [7, 11) is 0. The predicted molar refractivity (Wildman–Crippen MR) is 74.0 cm³/mol. The number of anilines is 1. The van der Waals surface area contributed by atoms with Gasteiger partial charge in [-0.15, -0.1) is 11.3 Å². The fourth-order valence-electron chi connectivity index (χ4n) is 2.03. The van der Waals surface area contributed by atoms with Gasteiger partial charge in [-0.3, -0.25) is 4.79 Å². The number of nitrogens with two attached hydrogens (primary N) is 1. The first-order chi connectivity index (χ1) is 8.50. The van der Waals surface area contributed by atoms with Crippen molar-refractivity contribution in [2.75, 3.05) is 25.5 Å². The van der Waals surface area contributed by atoms with Crippen molar-refractivity contribution in [3.63, 3.8) is 0 Å². The normalized spacial score (nSPS) is 18.6. The van der Waals surface area contributed by atoms with Gasteiger partial charge in [0, 0.05) is 30.3 Å². The number of rotatable bonds is 3. The van der Waals surface area contributed by atoms with Gasteiger partial charge in [-0.1, -0.05) is 6.92 Å². The van der Waals surface area contributed by atoms with E-state index < -0.39 is 0 Å². The first-order valence-corrected chi connectivity index (χ1v) is 7.04. The Labute approximate surface area is 112 Å². The average Bonchev–Trinajstić information content (AvgIpc) is 2.68. The van der Waals surface area contributed by atoms with Crippen LogP contribution in [0.4, 0.5) is 5.69 Å². The molecule has 0 atom stereocenters. The Morgan fingerprint density at radius 2 is 2.22 bits per heavy atom. The third-order valence-electron chi connectivity index (χ3n) is 3.56. The van der Waals surface area contributed by atoms with Crippen molar-refractivity contribution in [3.05, 3.63) is 15.8 Å². The maximum Gasteiger partial charge on any atom is 0.261 e. The van der Waals surface area contributed by atoms with Crippen molar-refractivity contribution in [2.45, 2.75) is 26.7 Å². The largest absolute Gasteiger partial charge is 0.398 e. The van der Waals surface area contributed by atoms with Crippen molar-refractivity contribution >= 4 is 22.9 Å². The molecule has 3 N–H and O–H groups in total. The minimum atomic E-state index is -0.0208. The minimum absolute atomic E-state index is 0.0208. The number of amides is 1. The smallest absolute Gasteiger partial charge is 0.261 e. The van der Waals surface area contributed by atoms with Crippen LogP contribution < -0.4 is 11.1 Å². The summed E-state index contributed by atoms with van der Waals surface area (Å²) in [5, 5.41) is 3.01. The van der Waals surface area contributed by atoms with Gasteiger partial charge in [0.1, 0.15) is 0 Å². The molecule has 0 spiro atoms. The van der Waals surface area contributed by atoms with E-state index in [4.69, 9.17) is 10.5 Å². The van der Waals surface area contributed by atoms with E-state index >= 15 is 0 Å². The lowest BCUT2D eigenvalue weighted by Crippen LogP contribution is -2.39. The number of thiophene rings is 1. The van der Waals surface area contributed by atoms with Crippen LogP contribution in [-0.4, -0.2) is 25.7 Å². The molecule has 1 fully saturated rings. The summed E-state index contributed by atoms with van der Waals surface area (Å²) < 4.78 is 5.35. The van der Waals surface area contributed by atoms with Crippen LogP contribution >= 0.6 is 11.3 Å². The molecule has 0 radical (unpaired) electrons. The molecule has 1 aromatic rings. The fourth-order valence-corrected chi connectivity index (χ4v) is 2.89. The molecule has 0 aromatic carbocycles. The topological polar surface area (TPSA) is 64.3 Å². The van der Waals surface area contributed by atoms with E-state index in [1.54, 1.807) is 6.07 Å². The molecule has 1 aromatic heterocycles. The SMILES string of the molecule is Cc1sc(C(=O)NCC2(C)CCOCC2)cc1N. The molecule has 1 saturated heterocycles. The van der Waals surface area contributed by atoms with Crippen LogP contribution in [0.3, 0.4) is 0 Å². The number of nitrogens with one attached hydrogen (secondary N) is 1.